The van der Waals surface area contributed by atoms with Crippen LogP contribution in [-0.2, 0) is 11.3 Å². The van der Waals surface area contributed by atoms with Crippen molar-refractivity contribution in [3.8, 4) is 0 Å². The molecule has 1 aliphatic rings. The Hall–Kier alpha value is -2.60. The Labute approximate surface area is 159 Å². The molecule has 1 atom stereocenters. The second-order valence-electron chi connectivity index (χ2n) is 7.40. The Kier molecular flexibility index (Phi) is 4.74. The van der Waals surface area contributed by atoms with Crippen LogP contribution in [0, 0.1) is 20.8 Å². The molecular formula is C21H26N4O2. The highest BCUT2D eigenvalue weighted by Crippen LogP contribution is 2.28. The number of nitrogens with one attached hydrogen (secondary N) is 1. The number of rotatable bonds is 3. The average molecular weight is 366 g/mol. The van der Waals surface area contributed by atoms with Gasteiger partial charge in [0.1, 0.15) is 5.69 Å². The zero-order valence-corrected chi connectivity index (χ0v) is 16.2. The second-order valence-corrected chi connectivity index (χ2v) is 7.40. The number of amides is 1. The van der Waals surface area contributed by atoms with Gasteiger partial charge in [0.25, 0.3) is 5.91 Å². The highest BCUT2D eigenvalue weighted by Gasteiger charge is 2.27. The molecule has 142 valence electrons. The number of nitrogens with zero attached hydrogens (tertiary/aromatic N) is 3. The van der Waals surface area contributed by atoms with Crippen LogP contribution in [0.4, 0.5) is 0 Å². The van der Waals surface area contributed by atoms with Crippen LogP contribution in [0.5, 0.6) is 0 Å². The molecule has 1 aliphatic heterocycles. The molecule has 0 unspecified atom stereocenters. The van der Waals surface area contributed by atoms with E-state index in [4.69, 9.17) is 4.74 Å². The van der Waals surface area contributed by atoms with Crippen molar-refractivity contribution in [3.05, 3.63) is 53.0 Å². The Bertz CT molecular complexity index is 958. The van der Waals surface area contributed by atoms with Crippen molar-refractivity contribution >= 4 is 16.8 Å². The minimum absolute atomic E-state index is 0.0514. The largest absolute Gasteiger partial charge is 0.374 e. The predicted molar refractivity (Wildman–Crippen MR) is 105 cm³/mol. The molecular weight excluding hydrogens is 340 g/mol. The van der Waals surface area contributed by atoms with E-state index in [1.165, 1.54) is 5.56 Å². The van der Waals surface area contributed by atoms with Crippen LogP contribution < -0.4 is 0 Å². The quantitative estimate of drug-likeness (QED) is 0.774. The normalized spacial score (nSPS) is 18.0. The molecule has 0 spiro atoms. The molecule has 1 fully saturated rings. The van der Waals surface area contributed by atoms with Gasteiger partial charge in [-0.05, 0) is 49.9 Å². The van der Waals surface area contributed by atoms with Crippen molar-refractivity contribution in [1.29, 1.82) is 0 Å². The number of fused-ring (bicyclic) bond motifs is 1. The van der Waals surface area contributed by atoms with Crippen LogP contribution in [0.2, 0.25) is 0 Å². The standard InChI is InChI=1S/C21H26N4O2/c1-14-6-7-15(2)19-18(14)16(3)20(23-19)21(26)24-9-5-11-27-17(12-24)13-25-10-4-8-22-25/h4,6-8,10,17,23H,5,9,11-13H2,1-3H3/t17-/m0/s1. The van der Waals surface area contributed by atoms with Gasteiger partial charge in [0.2, 0.25) is 0 Å². The first kappa shape index (κ1) is 17.8. The molecule has 1 amide bonds. The number of aromatic nitrogens is 3. The molecule has 6 nitrogen and oxygen atoms in total. The number of carbonyl (C=O) groups is 1. The molecule has 2 aromatic heterocycles. The van der Waals surface area contributed by atoms with Gasteiger partial charge in [-0.2, -0.15) is 5.10 Å². The number of carbonyl (C=O) groups excluding carboxylic acids is 1. The van der Waals surface area contributed by atoms with Gasteiger partial charge in [0, 0.05) is 43.0 Å². The lowest BCUT2D eigenvalue weighted by Crippen LogP contribution is -2.39. The third-order valence-corrected chi connectivity index (χ3v) is 5.42. The van der Waals surface area contributed by atoms with Gasteiger partial charge in [0.15, 0.2) is 0 Å². The Morgan fingerprint density at radius 3 is 2.85 bits per heavy atom. The van der Waals surface area contributed by atoms with Gasteiger partial charge in [-0.3, -0.25) is 9.48 Å². The molecule has 3 aromatic rings. The molecule has 1 saturated heterocycles. The fraction of sp³-hybridized carbons (Fsp3) is 0.429. The van der Waals surface area contributed by atoms with E-state index in [1.807, 2.05) is 28.8 Å². The molecule has 6 heteroatoms. The van der Waals surface area contributed by atoms with Crippen LogP contribution in [0.3, 0.4) is 0 Å². The first-order valence-corrected chi connectivity index (χ1v) is 9.51. The van der Waals surface area contributed by atoms with Crippen LogP contribution in [0.1, 0.15) is 33.6 Å². The van der Waals surface area contributed by atoms with Crippen molar-refractivity contribution in [3.63, 3.8) is 0 Å². The number of H-pyrrole nitrogens is 1. The Morgan fingerprint density at radius 2 is 2.11 bits per heavy atom. The van der Waals surface area contributed by atoms with Gasteiger partial charge in [-0.25, -0.2) is 0 Å². The summed E-state index contributed by atoms with van der Waals surface area (Å²) < 4.78 is 7.82. The SMILES string of the molecule is Cc1ccc(C)c2c(C)c(C(=O)N3CCCO[C@H](Cn4cccn4)C3)[nH]c12. The lowest BCUT2D eigenvalue weighted by Gasteiger charge is -2.24. The number of hydrogen-bond acceptors (Lipinski definition) is 3. The van der Waals surface area contributed by atoms with Crippen LogP contribution in [0.25, 0.3) is 10.9 Å². The van der Waals surface area contributed by atoms with Crippen molar-refractivity contribution in [2.45, 2.75) is 39.8 Å². The van der Waals surface area contributed by atoms with Crippen molar-refractivity contribution in [2.24, 2.45) is 0 Å². The highest BCUT2D eigenvalue weighted by molar-refractivity contribution is 6.02. The molecule has 0 saturated carbocycles. The average Bonchev–Trinajstić information content (AvgIpc) is 3.21. The van der Waals surface area contributed by atoms with Crippen LogP contribution in [0.15, 0.2) is 30.6 Å². The van der Waals surface area contributed by atoms with E-state index >= 15 is 0 Å². The second kappa shape index (κ2) is 7.19. The molecule has 27 heavy (non-hydrogen) atoms. The smallest absolute Gasteiger partial charge is 0.270 e. The highest BCUT2D eigenvalue weighted by atomic mass is 16.5. The molecule has 3 heterocycles. The number of benzene rings is 1. The summed E-state index contributed by atoms with van der Waals surface area (Å²) in [6, 6.07) is 6.12. The van der Waals surface area contributed by atoms with Gasteiger partial charge in [-0.15, -0.1) is 0 Å². The third-order valence-electron chi connectivity index (χ3n) is 5.42. The molecule has 0 aliphatic carbocycles. The maximum Gasteiger partial charge on any atom is 0.270 e. The summed E-state index contributed by atoms with van der Waals surface area (Å²) >= 11 is 0. The lowest BCUT2D eigenvalue weighted by atomic mass is 10.0. The van der Waals surface area contributed by atoms with E-state index in [1.54, 1.807) is 6.20 Å². The van der Waals surface area contributed by atoms with Crippen molar-refractivity contribution in [1.82, 2.24) is 19.7 Å². The summed E-state index contributed by atoms with van der Waals surface area (Å²) in [5.74, 6) is 0.0541. The van der Waals surface area contributed by atoms with E-state index < -0.39 is 0 Å². The first-order valence-electron chi connectivity index (χ1n) is 9.51. The summed E-state index contributed by atoms with van der Waals surface area (Å²) in [4.78, 5) is 18.7. The molecule has 4 rings (SSSR count). The fourth-order valence-electron chi connectivity index (χ4n) is 3.98. The fourth-order valence-corrected chi connectivity index (χ4v) is 3.98. The maximum absolute atomic E-state index is 13.3. The van der Waals surface area contributed by atoms with E-state index in [-0.39, 0.29) is 12.0 Å². The zero-order valence-electron chi connectivity index (χ0n) is 16.2. The summed E-state index contributed by atoms with van der Waals surface area (Å²) in [5.41, 5.74) is 5.15. The lowest BCUT2D eigenvalue weighted by molar-refractivity contribution is 0.0365. The van der Waals surface area contributed by atoms with Crippen LogP contribution in [-0.4, -0.2) is 51.4 Å². The molecule has 0 bridgehead atoms. The van der Waals surface area contributed by atoms with E-state index in [0.29, 0.717) is 31.9 Å². The molecule has 1 aromatic carbocycles. The van der Waals surface area contributed by atoms with Gasteiger partial charge in [-0.1, -0.05) is 12.1 Å². The van der Waals surface area contributed by atoms with Crippen molar-refractivity contribution < 1.29 is 9.53 Å². The van der Waals surface area contributed by atoms with E-state index in [2.05, 4.69) is 36.1 Å². The van der Waals surface area contributed by atoms with Crippen molar-refractivity contribution in [2.75, 3.05) is 19.7 Å². The zero-order chi connectivity index (χ0) is 19.0. The number of aryl methyl sites for hydroxylation is 3. The summed E-state index contributed by atoms with van der Waals surface area (Å²) in [6.07, 6.45) is 4.48. The topological polar surface area (TPSA) is 63.1 Å². The predicted octanol–water partition coefficient (Wildman–Crippen LogP) is 3.22. The first-order chi connectivity index (χ1) is 13.0. The summed E-state index contributed by atoms with van der Waals surface area (Å²) in [7, 11) is 0. The third kappa shape index (κ3) is 3.37. The van der Waals surface area contributed by atoms with E-state index in [9.17, 15) is 4.79 Å². The van der Waals surface area contributed by atoms with Gasteiger partial charge < -0.3 is 14.6 Å². The van der Waals surface area contributed by atoms with E-state index in [0.717, 1.165) is 28.5 Å². The molecule has 0 radical (unpaired) electrons. The summed E-state index contributed by atoms with van der Waals surface area (Å²) in [5, 5.41) is 5.42. The monoisotopic (exact) mass is 366 g/mol. The number of hydrogen-bond donors (Lipinski definition) is 1. The van der Waals surface area contributed by atoms with Crippen LogP contribution >= 0.6 is 0 Å². The summed E-state index contributed by atoms with van der Waals surface area (Å²) in [6.45, 7) is 8.81. The minimum Gasteiger partial charge on any atom is -0.374 e. The van der Waals surface area contributed by atoms with Gasteiger partial charge >= 0.3 is 0 Å². The molecule has 1 N–H and O–H groups in total. The Morgan fingerprint density at radius 1 is 1.30 bits per heavy atom. The Balaban J connectivity index is 1.61. The number of aromatic amines is 1. The number of ether oxygens (including phenoxy) is 1. The van der Waals surface area contributed by atoms with Gasteiger partial charge in [0.05, 0.1) is 12.6 Å². The maximum atomic E-state index is 13.3. The minimum atomic E-state index is -0.0514.